The Balaban J connectivity index is 1.57. The number of urea groups is 1. The van der Waals surface area contributed by atoms with Gasteiger partial charge in [-0.3, -0.25) is 10.1 Å². The van der Waals surface area contributed by atoms with Crippen molar-refractivity contribution in [2.24, 2.45) is 0 Å². The number of fused-ring (bicyclic) bond motifs is 1. The smallest absolute Gasteiger partial charge is 0.321 e. The number of rotatable bonds is 4. The van der Waals surface area contributed by atoms with Crippen LogP contribution in [-0.4, -0.2) is 24.0 Å². The summed E-state index contributed by atoms with van der Waals surface area (Å²) in [6, 6.07) is 13.2. The van der Waals surface area contributed by atoms with E-state index in [0.29, 0.717) is 0 Å². The lowest BCUT2D eigenvalue weighted by Crippen LogP contribution is -2.49. The van der Waals surface area contributed by atoms with Crippen LogP contribution in [0, 0.1) is 0 Å². The van der Waals surface area contributed by atoms with Gasteiger partial charge in [-0.05, 0) is 31.2 Å². The van der Waals surface area contributed by atoms with Crippen molar-refractivity contribution < 1.29 is 9.59 Å². The highest BCUT2D eigenvalue weighted by Gasteiger charge is 2.20. The summed E-state index contributed by atoms with van der Waals surface area (Å²) < 4.78 is 0. The number of anilines is 1. The van der Waals surface area contributed by atoms with Crippen molar-refractivity contribution in [2.45, 2.75) is 51.1 Å². The summed E-state index contributed by atoms with van der Waals surface area (Å²) in [4.78, 5) is 24.3. The zero-order chi connectivity index (χ0) is 17.6. The molecule has 5 nitrogen and oxygen atoms in total. The van der Waals surface area contributed by atoms with E-state index in [0.717, 1.165) is 42.1 Å². The van der Waals surface area contributed by atoms with Crippen LogP contribution in [0.5, 0.6) is 0 Å². The van der Waals surface area contributed by atoms with Gasteiger partial charge in [0, 0.05) is 17.1 Å². The summed E-state index contributed by atoms with van der Waals surface area (Å²) in [6.07, 6.45) is 5.48. The van der Waals surface area contributed by atoms with Gasteiger partial charge in [0.15, 0.2) is 0 Å². The Morgan fingerprint density at radius 3 is 2.52 bits per heavy atom. The fraction of sp³-hybridized carbons (Fsp3) is 0.400. The molecule has 1 atom stereocenters. The van der Waals surface area contributed by atoms with Gasteiger partial charge in [-0.2, -0.15) is 0 Å². The van der Waals surface area contributed by atoms with Crippen LogP contribution in [-0.2, 0) is 4.79 Å². The number of carbonyl (C=O) groups is 2. The van der Waals surface area contributed by atoms with Gasteiger partial charge in [0.05, 0.1) is 0 Å². The van der Waals surface area contributed by atoms with E-state index in [2.05, 4.69) is 16.0 Å². The number of nitrogens with one attached hydrogen (secondary N) is 3. The number of carbonyl (C=O) groups excluding carboxylic acids is 2. The Bertz CT molecular complexity index is 748. The molecule has 0 heterocycles. The van der Waals surface area contributed by atoms with Crippen molar-refractivity contribution in [3.63, 3.8) is 0 Å². The van der Waals surface area contributed by atoms with E-state index in [1.807, 2.05) is 42.5 Å². The predicted octanol–water partition coefficient (Wildman–Crippen LogP) is 3.80. The first kappa shape index (κ1) is 17.3. The maximum Gasteiger partial charge on any atom is 0.321 e. The van der Waals surface area contributed by atoms with Crippen LogP contribution >= 0.6 is 0 Å². The molecule has 3 amide bonds. The second-order valence-electron chi connectivity index (χ2n) is 6.69. The summed E-state index contributed by atoms with van der Waals surface area (Å²) in [5.74, 6) is -0.332. The minimum absolute atomic E-state index is 0.183. The third-order valence-electron chi connectivity index (χ3n) is 4.73. The van der Waals surface area contributed by atoms with Crippen molar-refractivity contribution >= 4 is 28.4 Å². The molecule has 0 aromatic heterocycles. The first-order valence-corrected chi connectivity index (χ1v) is 8.99. The minimum Gasteiger partial charge on any atom is -0.373 e. The van der Waals surface area contributed by atoms with Gasteiger partial charge in [-0.15, -0.1) is 0 Å². The minimum atomic E-state index is -0.511. The zero-order valence-electron chi connectivity index (χ0n) is 14.5. The van der Waals surface area contributed by atoms with E-state index < -0.39 is 12.1 Å². The average Bonchev–Trinajstić information content (AvgIpc) is 2.62. The molecule has 0 spiro atoms. The molecule has 1 aliphatic rings. The third-order valence-corrected chi connectivity index (χ3v) is 4.73. The highest BCUT2D eigenvalue weighted by atomic mass is 16.2. The predicted molar refractivity (Wildman–Crippen MR) is 101 cm³/mol. The Labute approximate surface area is 148 Å². The molecule has 1 fully saturated rings. The number of amides is 3. The topological polar surface area (TPSA) is 70.2 Å². The van der Waals surface area contributed by atoms with Gasteiger partial charge in [0.2, 0.25) is 5.91 Å². The van der Waals surface area contributed by atoms with E-state index in [1.54, 1.807) is 6.92 Å². The Morgan fingerprint density at radius 1 is 1.00 bits per heavy atom. The van der Waals surface area contributed by atoms with Crippen LogP contribution in [0.4, 0.5) is 10.5 Å². The molecule has 25 heavy (non-hydrogen) atoms. The number of benzene rings is 2. The van der Waals surface area contributed by atoms with Crippen LogP contribution in [0.1, 0.15) is 39.0 Å². The number of imide groups is 1. The van der Waals surface area contributed by atoms with Crippen LogP contribution in [0.25, 0.3) is 10.8 Å². The monoisotopic (exact) mass is 339 g/mol. The molecule has 0 bridgehead atoms. The van der Waals surface area contributed by atoms with Gasteiger partial charge >= 0.3 is 6.03 Å². The molecule has 3 rings (SSSR count). The molecule has 2 aromatic carbocycles. The largest absolute Gasteiger partial charge is 0.373 e. The standard InChI is InChI=1S/C20H25N3O2/c1-14(19(24)23-20(25)22-16-10-3-2-4-11-16)21-18-13-7-9-15-8-5-6-12-17(15)18/h5-9,12-14,16,21H,2-4,10-11H2,1H3,(H2,22,23,24,25)/t14-/m0/s1. The highest BCUT2D eigenvalue weighted by Crippen LogP contribution is 2.23. The summed E-state index contributed by atoms with van der Waals surface area (Å²) in [7, 11) is 0. The van der Waals surface area contributed by atoms with Gasteiger partial charge in [-0.25, -0.2) is 4.79 Å². The maximum absolute atomic E-state index is 12.3. The van der Waals surface area contributed by atoms with Crippen molar-refractivity contribution in [1.82, 2.24) is 10.6 Å². The Kier molecular flexibility index (Phi) is 5.53. The van der Waals surface area contributed by atoms with Gasteiger partial charge < -0.3 is 10.6 Å². The lowest BCUT2D eigenvalue weighted by molar-refractivity contribution is -0.120. The maximum atomic E-state index is 12.3. The molecule has 0 radical (unpaired) electrons. The first-order valence-electron chi connectivity index (χ1n) is 8.99. The molecule has 5 heteroatoms. The molecule has 3 N–H and O–H groups in total. The lowest BCUT2D eigenvalue weighted by Gasteiger charge is -2.23. The SMILES string of the molecule is C[C@H](Nc1cccc2ccccc12)C(=O)NC(=O)NC1CCCCC1. The summed E-state index contributed by atoms with van der Waals surface area (Å²) >= 11 is 0. The molecule has 1 aliphatic carbocycles. The molecular formula is C20H25N3O2. The molecular weight excluding hydrogens is 314 g/mol. The Hall–Kier alpha value is -2.56. The second-order valence-corrected chi connectivity index (χ2v) is 6.69. The summed E-state index contributed by atoms with van der Waals surface area (Å²) in [5, 5.41) is 10.7. The highest BCUT2D eigenvalue weighted by molar-refractivity contribution is 6.00. The zero-order valence-corrected chi connectivity index (χ0v) is 14.5. The molecule has 2 aromatic rings. The van der Waals surface area contributed by atoms with Crippen LogP contribution in [0.2, 0.25) is 0 Å². The van der Waals surface area contributed by atoms with Gasteiger partial charge in [0.1, 0.15) is 6.04 Å². The average molecular weight is 339 g/mol. The fourth-order valence-corrected chi connectivity index (χ4v) is 3.34. The van der Waals surface area contributed by atoms with Gasteiger partial charge in [-0.1, -0.05) is 55.7 Å². The van der Waals surface area contributed by atoms with E-state index >= 15 is 0 Å². The van der Waals surface area contributed by atoms with E-state index in [-0.39, 0.29) is 11.9 Å². The van der Waals surface area contributed by atoms with Crippen LogP contribution < -0.4 is 16.0 Å². The molecule has 132 valence electrons. The van der Waals surface area contributed by atoms with Crippen molar-refractivity contribution in [1.29, 1.82) is 0 Å². The Morgan fingerprint density at radius 2 is 1.72 bits per heavy atom. The first-order chi connectivity index (χ1) is 12.1. The van der Waals surface area contributed by atoms with E-state index in [4.69, 9.17) is 0 Å². The summed E-state index contributed by atoms with van der Waals surface area (Å²) in [6.45, 7) is 1.75. The lowest BCUT2D eigenvalue weighted by atomic mass is 9.96. The molecule has 1 saturated carbocycles. The summed E-state index contributed by atoms with van der Waals surface area (Å²) in [5.41, 5.74) is 0.883. The normalized spacial score (nSPS) is 16.2. The molecule has 0 unspecified atom stereocenters. The van der Waals surface area contributed by atoms with Crippen LogP contribution in [0.15, 0.2) is 42.5 Å². The molecule has 0 saturated heterocycles. The fourth-order valence-electron chi connectivity index (χ4n) is 3.34. The van der Waals surface area contributed by atoms with Gasteiger partial charge in [0.25, 0.3) is 0 Å². The van der Waals surface area contributed by atoms with Crippen molar-refractivity contribution in [3.8, 4) is 0 Å². The van der Waals surface area contributed by atoms with E-state index in [9.17, 15) is 9.59 Å². The number of hydrogen-bond acceptors (Lipinski definition) is 3. The quantitative estimate of drug-likeness (QED) is 0.793. The van der Waals surface area contributed by atoms with E-state index in [1.165, 1.54) is 6.42 Å². The van der Waals surface area contributed by atoms with Crippen molar-refractivity contribution in [3.05, 3.63) is 42.5 Å². The molecule has 0 aliphatic heterocycles. The van der Waals surface area contributed by atoms with Crippen molar-refractivity contribution in [2.75, 3.05) is 5.32 Å². The third kappa shape index (κ3) is 4.50. The van der Waals surface area contributed by atoms with Crippen LogP contribution in [0.3, 0.4) is 0 Å². The second kappa shape index (κ2) is 8.01. The number of hydrogen-bond donors (Lipinski definition) is 3.